The number of hydrogen-bond acceptors (Lipinski definition) is 1. The van der Waals surface area contributed by atoms with Crippen molar-refractivity contribution in [1.82, 2.24) is 0 Å². The van der Waals surface area contributed by atoms with Gasteiger partial charge in [0.15, 0.2) is 0 Å². The first-order valence-electron chi connectivity index (χ1n) is 6.77. The van der Waals surface area contributed by atoms with Gasteiger partial charge in [-0.05, 0) is 42.9 Å². The number of benzene rings is 1. The molecule has 2 rings (SSSR count). The van der Waals surface area contributed by atoms with Gasteiger partial charge in [0.1, 0.15) is 0 Å². The molecule has 0 amide bonds. The molecular formula is C15H20BrClO. The highest BCUT2D eigenvalue weighted by Crippen LogP contribution is 2.30. The fraction of sp³-hybridized carbons (Fsp3) is 0.600. The maximum absolute atomic E-state index is 10.1. The Bertz CT molecular complexity index is 388. The lowest BCUT2D eigenvalue weighted by Crippen LogP contribution is -2.12. The van der Waals surface area contributed by atoms with Gasteiger partial charge in [-0.15, -0.1) is 0 Å². The van der Waals surface area contributed by atoms with Crippen LogP contribution in [0.15, 0.2) is 22.7 Å². The molecule has 100 valence electrons. The maximum atomic E-state index is 10.1. The number of halogens is 2. The van der Waals surface area contributed by atoms with E-state index in [1.807, 2.05) is 18.2 Å². The Morgan fingerprint density at radius 1 is 1.33 bits per heavy atom. The fourth-order valence-corrected chi connectivity index (χ4v) is 3.52. The average molecular weight is 332 g/mol. The quantitative estimate of drug-likeness (QED) is 0.807. The van der Waals surface area contributed by atoms with Crippen molar-refractivity contribution in [3.63, 3.8) is 0 Å². The molecule has 1 aromatic carbocycles. The Hall–Kier alpha value is -0.0500. The summed E-state index contributed by atoms with van der Waals surface area (Å²) in [5, 5.41) is 10.8. The predicted molar refractivity (Wildman–Crippen MR) is 80.1 cm³/mol. The summed E-state index contributed by atoms with van der Waals surface area (Å²) in [5.41, 5.74) is 1.04. The van der Waals surface area contributed by atoms with E-state index in [1.165, 1.54) is 25.7 Å². The summed E-state index contributed by atoms with van der Waals surface area (Å²) in [6.07, 6.45) is 7.92. The first-order chi connectivity index (χ1) is 8.65. The van der Waals surface area contributed by atoms with Gasteiger partial charge >= 0.3 is 0 Å². The summed E-state index contributed by atoms with van der Waals surface area (Å²) < 4.78 is 0.983. The van der Waals surface area contributed by atoms with E-state index >= 15 is 0 Å². The van der Waals surface area contributed by atoms with Crippen LogP contribution in [-0.2, 0) is 6.42 Å². The lowest BCUT2D eigenvalue weighted by atomic mass is 9.97. The van der Waals surface area contributed by atoms with Gasteiger partial charge in [-0.25, -0.2) is 0 Å². The summed E-state index contributed by atoms with van der Waals surface area (Å²) in [5.74, 6) is 0.847. The van der Waals surface area contributed by atoms with Crippen molar-refractivity contribution >= 4 is 27.5 Å². The molecule has 1 nitrogen and oxygen atoms in total. The Kier molecular flexibility index (Phi) is 5.53. The lowest BCUT2D eigenvalue weighted by Gasteiger charge is -2.14. The van der Waals surface area contributed by atoms with Gasteiger partial charge in [0.25, 0.3) is 0 Å². The molecule has 0 aromatic heterocycles. The molecule has 1 aliphatic rings. The van der Waals surface area contributed by atoms with Crippen LogP contribution in [-0.4, -0.2) is 11.2 Å². The van der Waals surface area contributed by atoms with Crippen molar-refractivity contribution in [2.45, 2.75) is 51.0 Å². The van der Waals surface area contributed by atoms with Crippen LogP contribution in [0.1, 0.15) is 44.1 Å². The van der Waals surface area contributed by atoms with Crippen molar-refractivity contribution in [2.24, 2.45) is 5.92 Å². The standard InChI is InChI=1S/C15H20BrClO/c16-13-7-6-12(15(17)10-13)9-14(18)8-5-11-3-1-2-4-11/h6-7,10-11,14,18H,1-5,8-9H2. The molecule has 0 heterocycles. The van der Waals surface area contributed by atoms with E-state index < -0.39 is 0 Å². The Balaban J connectivity index is 1.80. The molecular weight excluding hydrogens is 312 g/mol. The maximum Gasteiger partial charge on any atom is 0.0581 e. The minimum absolute atomic E-state index is 0.260. The molecule has 3 heteroatoms. The first-order valence-corrected chi connectivity index (χ1v) is 7.94. The largest absolute Gasteiger partial charge is 0.393 e. The van der Waals surface area contributed by atoms with E-state index in [4.69, 9.17) is 11.6 Å². The third kappa shape index (κ3) is 4.25. The number of aliphatic hydroxyl groups is 1. The Labute approximate surface area is 123 Å². The second kappa shape index (κ2) is 6.93. The van der Waals surface area contributed by atoms with Crippen LogP contribution in [0.25, 0.3) is 0 Å². The molecule has 1 N–H and O–H groups in total. The van der Waals surface area contributed by atoms with Gasteiger partial charge in [-0.2, -0.15) is 0 Å². The molecule has 1 saturated carbocycles. The minimum atomic E-state index is -0.260. The zero-order valence-corrected chi connectivity index (χ0v) is 12.9. The van der Waals surface area contributed by atoms with Crippen molar-refractivity contribution in [2.75, 3.05) is 0 Å². The van der Waals surface area contributed by atoms with Crippen molar-refractivity contribution in [3.8, 4) is 0 Å². The number of hydrogen-bond donors (Lipinski definition) is 1. The zero-order valence-electron chi connectivity index (χ0n) is 10.5. The minimum Gasteiger partial charge on any atom is -0.393 e. The smallest absolute Gasteiger partial charge is 0.0581 e. The summed E-state index contributed by atoms with van der Waals surface area (Å²) >= 11 is 9.55. The van der Waals surface area contributed by atoms with Crippen LogP contribution in [0.3, 0.4) is 0 Å². The second-order valence-corrected chi connectivity index (χ2v) is 6.64. The SMILES string of the molecule is OC(CCC1CCCC1)Cc1ccc(Br)cc1Cl. The van der Waals surface area contributed by atoms with Gasteiger partial charge in [0, 0.05) is 9.50 Å². The van der Waals surface area contributed by atoms with E-state index in [1.54, 1.807) is 0 Å². The van der Waals surface area contributed by atoms with Crippen molar-refractivity contribution < 1.29 is 5.11 Å². The third-order valence-corrected chi connectivity index (χ3v) is 4.70. The summed E-state index contributed by atoms with van der Waals surface area (Å²) in [4.78, 5) is 0. The highest BCUT2D eigenvalue weighted by Gasteiger charge is 2.17. The average Bonchev–Trinajstić information content (AvgIpc) is 2.83. The highest BCUT2D eigenvalue weighted by atomic mass is 79.9. The lowest BCUT2D eigenvalue weighted by molar-refractivity contribution is 0.155. The van der Waals surface area contributed by atoms with Crippen molar-refractivity contribution in [1.29, 1.82) is 0 Å². The van der Waals surface area contributed by atoms with Crippen molar-refractivity contribution in [3.05, 3.63) is 33.3 Å². The van der Waals surface area contributed by atoms with Crippen LogP contribution in [0, 0.1) is 5.92 Å². The topological polar surface area (TPSA) is 20.2 Å². The molecule has 1 fully saturated rings. The highest BCUT2D eigenvalue weighted by molar-refractivity contribution is 9.10. The van der Waals surface area contributed by atoms with Crippen LogP contribution >= 0.6 is 27.5 Å². The zero-order chi connectivity index (χ0) is 13.0. The molecule has 0 bridgehead atoms. The Morgan fingerprint density at radius 2 is 2.06 bits per heavy atom. The molecule has 0 radical (unpaired) electrons. The molecule has 18 heavy (non-hydrogen) atoms. The second-order valence-electron chi connectivity index (χ2n) is 5.32. The van der Waals surface area contributed by atoms with E-state index in [0.717, 1.165) is 33.8 Å². The van der Waals surface area contributed by atoms with E-state index in [-0.39, 0.29) is 6.10 Å². The summed E-state index contributed by atoms with van der Waals surface area (Å²) in [6.45, 7) is 0. The molecule has 0 saturated heterocycles. The van der Waals surface area contributed by atoms with E-state index in [2.05, 4.69) is 15.9 Å². The molecule has 1 unspecified atom stereocenters. The number of aliphatic hydroxyl groups excluding tert-OH is 1. The molecule has 0 spiro atoms. The molecule has 1 aliphatic carbocycles. The molecule has 0 aliphatic heterocycles. The van der Waals surface area contributed by atoms with Crippen LogP contribution in [0.5, 0.6) is 0 Å². The monoisotopic (exact) mass is 330 g/mol. The fourth-order valence-electron chi connectivity index (χ4n) is 2.77. The van der Waals surface area contributed by atoms with Gasteiger partial charge in [-0.1, -0.05) is 59.3 Å². The van der Waals surface area contributed by atoms with Crippen LogP contribution in [0.2, 0.25) is 5.02 Å². The van der Waals surface area contributed by atoms with E-state index in [0.29, 0.717) is 6.42 Å². The van der Waals surface area contributed by atoms with Gasteiger partial charge in [0.05, 0.1) is 6.10 Å². The van der Waals surface area contributed by atoms with Crippen LogP contribution in [0.4, 0.5) is 0 Å². The van der Waals surface area contributed by atoms with Gasteiger partial charge < -0.3 is 5.11 Å². The predicted octanol–water partition coefficient (Wildman–Crippen LogP) is 4.98. The molecule has 1 atom stereocenters. The third-order valence-electron chi connectivity index (χ3n) is 3.85. The summed E-state index contributed by atoms with van der Waals surface area (Å²) in [6, 6.07) is 5.86. The van der Waals surface area contributed by atoms with Gasteiger partial charge in [-0.3, -0.25) is 0 Å². The Morgan fingerprint density at radius 3 is 2.72 bits per heavy atom. The van der Waals surface area contributed by atoms with Crippen LogP contribution < -0.4 is 0 Å². The van der Waals surface area contributed by atoms with Gasteiger partial charge in [0.2, 0.25) is 0 Å². The first kappa shape index (κ1) is 14.4. The number of rotatable bonds is 5. The summed E-state index contributed by atoms with van der Waals surface area (Å²) in [7, 11) is 0. The normalized spacial score (nSPS) is 18.2. The molecule has 1 aromatic rings. The van der Waals surface area contributed by atoms with E-state index in [9.17, 15) is 5.11 Å².